The van der Waals surface area contributed by atoms with Crippen LogP contribution in [-0.4, -0.2) is 66.0 Å². The van der Waals surface area contributed by atoms with Gasteiger partial charge in [0.1, 0.15) is 19.8 Å². The molecule has 2 fully saturated rings. The number of fused-ring (bicyclic) bond motifs is 2. The van der Waals surface area contributed by atoms with Crippen LogP contribution in [0.4, 0.5) is 5.69 Å². The molecular weight excluding hydrogens is 366 g/mol. The molecule has 1 N–H and O–H groups in total. The number of rotatable bonds is 4. The van der Waals surface area contributed by atoms with E-state index in [2.05, 4.69) is 11.8 Å². The van der Waals surface area contributed by atoms with E-state index >= 15 is 0 Å². The molecular formula is C19H25N3O6. The molecule has 4 rings (SSSR count). The lowest BCUT2D eigenvalue weighted by atomic mass is 10.00. The van der Waals surface area contributed by atoms with Gasteiger partial charge in [-0.15, -0.1) is 0 Å². The maximum Gasteiger partial charge on any atom is 0.293 e. The maximum atomic E-state index is 13.4. The van der Waals surface area contributed by atoms with E-state index in [9.17, 15) is 20.0 Å². The predicted octanol–water partition coefficient (Wildman–Crippen LogP) is 0.930. The Kier molecular flexibility index (Phi) is 4.86. The number of aliphatic hydroxyl groups excluding tert-OH is 1. The number of nitrogens with zero attached hydrogens (tertiary/aromatic N) is 3. The standard InChI is InChI=1S/C19H25N3O6/c1-14-5-4-8-20(9-14)13-21-16-7-3-2-6-15(16)19(17(21)24)27-11-18(10-23,12-28-19)22(25)26/h2-3,6-7,14,23H,4-5,8-13H2,1H3/t14-,18?,19?/m0/s1. The number of ether oxygens (including phenoxy) is 2. The van der Waals surface area contributed by atoms with E-state index in [-0.39, 0.29) is 5.91 Å². The molecule has 0 bridgehead atoms. The molecule has 1 amide bonds. The zero-order valence-electron chi connectivity index (χ0n) is 15.9. The predicted molar refractivity (Wildman–Crippen MR) is 99.2 cm³/mol. The highest BCUT2D eigenvalue weighted by Gasteiger charge is 2.61. The molecule has 2 saturated heterocycles. The van der Waals surface area contributed by atoms with E-state index < -0.39 is 36.1 Å². The number of hydrogen-bond acceptors (Lipinski definition) is 7. The first-order valence-corrected chi connectivity index (χ1v) is 9.59. The van der Waals surface area contributed by atoms with Crippen LogP contribution in [0.5, 0.6) is 0 Å². The molecule has 3 aliphatic rings. The summed E-state index contributed by atoms with van der Waals surface area (Å²) in [5.74, 6) is -1.49. The Morgan fingerprint density at radius 1 is 1.32 bits per heavy atom. The molecule has 0 radical (unpaired) electrons. The van der Waals surface area contributed by atoms with Crippen LogP contribution in [0, 0.1) is 16.0 Å². The number of piperidine rings is 1. The molecule has 0 aromatic heterocycles. The van der Waals surface area contributed by atoms with Gasteiger partial charge in [-0.1, -0.05) is 25.1 Å². The van der Waals surface area contributed by atoms with Crippen LogP contribution in [-0.2, 0) is 20.1 Å². The van der Waals surface area contributed by atoms with Gasteiger partial charge >= 0.3 is 0 Å². The van der Waals surface area contributed by atoms with E-state index in [4.69, 9.17) is 9.47 Å². The van der Waals surface area contributed by atoms with Crippen LogP contribution in [0.25, 0.3) is 0 Å². The Labute approximate surface area is 163 Å². The number of carbonyl (C=O) groups excluding carboxylic acids is 1. The molecule has 3 aliphatic heterocycles. The number of amides is 1. The first-order chi connectivity index (χ1) is 13.4. The molecule has 152 valence electrons. The van der Waals surface area contributed by atoms with Crippen LogP contribution in [0.3, 0.4) is 0 Å². The topological polar surface area (TPSA) is 105 Å². The average Bonchev–Trinajstić information content (AvgIpc) is 2.92. The van der Waals surface area contributed by atoms with Crippen molar-refractivity contribution in [2.24, 2.45) is 5.92 Å². The molecule has 0 unspecified atom stereocenters. The summed E-state index contributed by atoms with van der Waals surface area (Å²) in [4.78, 5) is 28.0. The first-order valence-electron chi connectivity index (χ1n) is 9.59. The van der Waals surface area contributed by atoms with Crippen molar-refractivity contribution < 1.29 is 24.3 Å². The molecule has 9 heteroatoms. The quantitative estimate of drug-likeness (QED) is 0.601. The Bertz CT molecular complexity index is 777. The summed E-state index contributed by atoms with van der Waals surface area (Å²) >= 11 is 0. The van der Waals surface area contributed by atoms with Gasteiger partial charge in [-0.25, -0.2) is 0 Å². The SMILES string of the molecule is C[C@H]1CCCN(CN2C(=O)C3(OCC(CO)([N+](=O)[O-])CO3)c3ccccc32)C1. The minimum absolute atomic E-state index is 0.373. The van der Waals surface area contributed by atoms with Gasteiger partial charge in [-0.3, -0.25) is 24.7 Å². The Balaban J connectivity index is 1.62. The van der Waals surface area contributed by atoms with E-state index in [1.807, 2.05) is 12.1 Å². The van der Waals surface area contributed by atoms with E-state index in [0.29, 0.717) is 23.8 Å². The van der Waals surface area contributed by atoms with Crippen molar-refractivity contribution >= 4 is 11.6 Å². The minimum atomic E-state index is -1.75. The highest BCUT2D eigenvalue weighted by atomic mass is 16.7. The lowest BCUT2D eigenvalue weighted by molar-refractivity contribution is -0.598. The lowest BCUT2D eigenvalue weighted by Crippen LogP contribution is -2.61. The van der Waals surface area contributed by atoms with Gasteiger partial charge in [0, 0.05) is 17.0 Å². The average molecular weight is 391 g/mol. The Morgan fingerprint density at radius 2 is 2.04 bits per heavy atom. The molecule has 0 saturated carbocycles. The fraction of sp³-hybridized carbons (Fsp3) is 0.632. The maximum absolute atomic E-state index is 13.4. The van der Waals surface area contributed by atoms with Crippen LogP contribution < -0.4 is 4.90 Å². The van der Waals surface area contributed by atoms with Crippen molar-refractivity contribution in [2.45, 2.75) is 31.1 Å². The van der Waals surface area contributed by atoms with Gasteiger partial charge in [0.05, 0.1) is 12.4 Å². The summed E-state index contributed by atoms with van der Waals surface area (Å²) in [6.45, 7) is 2.94. The molecule has 0 aliphatic carbocycles. The second-order valence-electron chi connectivity index (χ2n) is 8.05. The zero-order valence-corrected chi connectivity index (χ0v) is 15.9. The molecule has 1 aromatic carbocycles. The summed E-state index contributed by atoms with van der Waals surface area (Å²) in [7, 11) is 0. The normalized spacial score (nSPS) is 33.3. The summed E-state index contributed by atoms with van der Waals surface area (Å²) in [6, 6.07) is 7.22. The highest BCUT2D eigenvalue weighted by molar-refractivity contribution is 6.06. The smallest absolute Gasteiger partial charge is 0.293 e. The fourth-order valence-corrected chi connectivity index (χ4v) is 4.23. The van der Waals surface area contributed by atoms with Crippen molar-refractivity contribution in [3.8, 4) is 0 Å². The van der Waals surface area contributed by atoms with Gasteiger partial charge in [0.2, 0.25) is 0 Å². The number of aliphatic hydroxyl groups is 1. The van der Waals surface area contributed by atoms with Gasteiger partial charge in [0.15, 0.2) is 0 Å². The summed E-state index contributed by atoms with van der Waals surface area (Å²) in [5, 5.41) is 20.9. The van der Waals surface area contributed by atoms with Crippen molar-refractivity contribution in [3.63, 3.8) is 0 Å². The molecule has 28 heavy (non-hydrogen) atoms. The molecule has 1 spiro atoms. The van der Waals surface area contributed by atoms with Crippen molar-refractivity contribution in [3.05, 3.63) is 39.9 Å². The molecule has 1 atom stereocenters. The van der Waals surface area contributed by atoms with Gasteiger partial charge in [0.25, 0.3) is 17.2 Å². The van der Waals surface area contributed by atoms with Gasteiger partial charge < -0.3 is 14.6 Å². The van der Waals surface area contributed by atoms with Crippen molar-refractivity contribution in [1.29, 1.82) is 0 Å². The third-order valence-corrected chi connectivity index (χ3v) is 5.93. The number of anilines is 1. The second kappa shape index (κ2) is 7.07. The largest absolute Gasteiger partial charge is 0.389 e. The Hall–Kier alpha value is -2.07. The minimum Gasteiger partial charge on any atom is -0.389 e. The van der Waals surface area contributed by atoms with E-state index in [0.717, 1.165) is 19.5 Å². The number of para-hydroxylation sites is 1. The van der Waals surface area contributed by atoms with Gasteiger partial charge in [-0.05, 0) is 31.4 Å². The van der Waals surface area contributed by atoms with Gasteiger partial charge in [-0.2, -0.15) is 0 Å². The van der Waals surface area contributed by atoms with E-state index in [1.54, 1.807) is 17.0 Å². The third kappa shape index (κ3) is 2.89. The molecule has 3 heterocycles. The molecule has 1 aromatic rings. The van der Waals surface area contributed by atoms with E-state index in [1.165, 1.54) is 6.42 Å². The lowest BCUT2D eigenvalue weighted by Gasteiger charge is -2.38. The summed E-state index contributed by atoms with van der Waals surface area (Å²) < 4.78 is 11.5. The monoisotopic (exact) mass is 391 g/mol. The second-order valence-corrected chi connectivity index (χ2v) is 8.05. The fourth-order valence-electron chi connectivity index (χ4n) is 4.23. The number of hydrogen-bond donors (Lipinski definition) is 1. The first kappa shape index (κ1) is 19.3. The molecule has 9 nitrogen and oxygen atoms in total. The van der Waals surface area contributed by atoms with Crippen LogP contribution in [0.2, 0.25) is 0 Å². The van der Waals surface area contributed by atoms with Crippen LogP contribution in [0.1, 0.15) is 25.3 Å². The number of nitro groups is 1. The van der Waals surface area contributed by atoms with Crippen LogP contribution >= 0.6 is 0 Å². The van der Waals surface area contributed by atoms with Crippen molar-refractivity contribution in [2.75, 3.05) is 44.5 Å². The summed E-state index contributed by atoms with van der Waals surface area (Å²) in [6.07, 6.45) is 2.27. The highest BCUT2D eigenvalue weighted by Crippen LogP contribution is 2.46. The third-order valence-electron chi connectivity index (χ3n) is 5.93. The Morgan fingerprint density at radius 3 is 2.68 bits per heavy atom. The number of likely N-dealkylation sites (tertiary alicyclic amines) is 1. The summed E-state index contributed by atoms with van der Waals surface area (Å²) in [5.41, 5.74) is -0.501. The number of benzene rings is 1. The van der Waals surface area contributed by atoms with Crippen LogP contribution in [0.15, 0.2) is 24.3 Å². The number of carbonyl (C=O) groups is 1. The zero-order chi connectivity index (χ0) is 19.9. The van der Waals surface area contributed by atoms with Crippen molar-refractivity contribution in [1.82, 2.24) is 4.90 Å².